The summed E-state index contributed by atoms with van der Waals surface area (Å²) in [6.45, 7) is 1.73. The van der Waals surface area contributed by atoms with Gasteiger partial charge < -0.3 is 19.5 Å². The Hall–Kier alpha value is -2.94. The summed E-state index contributed by atoms with van der Waals surface area (Å²) in [6, 6.07) is 11.8. The number of sulfonamides is 1. The molecule has 9 heteroatoms. The molecule has 1 aliphatic heterocycles. The number of nitrogens with zero attached hydrogens (tertiary/aromatic N) is 1. The molecule has 3 rings (SSSR count). The van der Waals surface area contributed by atoms with Crippen LogP contribution >= 0.6 is 0 Å². The Morgan fingerprint density at radius 1 is 1.17 bits per heavy atom. The van der Waals surface area contributed by atoms with Crippen molar-refractivity contribution in [3.63, 3.8) is 0 Å². The molecule has 0 aliphatic carbocycles. The summed E-state index contributed by atoms with van der Waals surface area (Å²) < 4.78 is 41.9. The second kappa shape index (κ2) is 8.20. The van der Waals surface area contributed by atoms with Crippen molar-refractivity contribution < 1.29 is 27.4 Å². The molecule has 0 bridgehead atoms. The van der Waals surface area contributed by atoms with Crippen LogP contribution in [0.2, 0.25) is 0 Å². The number of para-hydroxylation sites is 2. The lowest BCUT2D eigenvalue weighted by atomic mass is 10.1. The van der Waals surface area contributed by atoms with Crippen molar-refractivity contribution in [2.24, 2.45) is 0 Å². The molecule has 0 spiro atoms. The number of carbonyl (C=O) groups excluding carboxylic acids is 1. The lowest BCUT2D eigenvalue weighted by Gasteiger charge is -2.34. The minimum atomic E-state index is -3.56. The first-order chi connectivity index (χ1) is 13.7. The highest BCUT2D eigenvalue weighted by Gasteiger charge is 2.35. The topological polar surface area (TPSA) is 94.2 Å². The van der Waals surface area contributed by atoms with E-state index >= 15 is 0 Å². The van der Waals surface area contributed by atoms with Crippen molar-refractivity contribution in [3.05, 3.63) is 48.0 Å². The lowest BCUT2D eigenvalue weighted by molar-refractivity contribution is -0.128. The standard InChI is InChI=1S/C20H24N2O6S/c1-13(14-9-10-17(26-2)18(11-14)27-3)21-20(23)19-12-22(29(4,24)25)15-7-5-6-8-16(15)28-19/h5-11,13,19H,12H2,1-4H3,(H,21,23)/t13-,19-/m1/s1. The molecule has 8 nitrogen and oxygen atoms in total. The fourth-order valence-corrected chi connectivity index (χ4v) is 4.08. The van der Waals surface area contributed by atoms with E-state index in [1.165, 1.54) is 11.4 Å². The van der Waals surface area contributed by atoms with Gasteiger partial charge in [0.2, 0.25) is 10.0 Å². The molecular weight excluding hydrogens is 396 g/mol. The van der Waals surface area contributed by atoms with Crippen LogP contribution in [0.5, 0.6) is 17.2 Å². The normalized spacial score (nSPS) is 17.0. The van der Waals surface area contributed by atoms with Gasteiger partial charge in [0.15, 0.2) is 17.6 Å². The molecule has 0 aromatic heterocycles. The van der Waals surface area contributed by atoms with Crippen LogP contribution in [0.15, 0.2) is 42.5 Å². The minimum absolute atomic E-state index is 0.0969. The monoisotopic (exact) mass is 420 g/mol. The van der Waals surface area contributed by atoms with E-state index in [-0.39, 0.29) is 12.6 Å². The maximum absolute atomic E-state index is 12.8. The Bertz CT molecular complexity index is 1010. The van der Waals surface area contributed by atoms with Gasteiger partial charge in [-0.2, -0.15) is 0 Å². The smallest absolute Gasteiger partial charge is 0.263 e. The third-order valence-electron chi connectivity index (χ3n) is 4.69. The second-order valence-electron chi connectivity index (χ2n) is 6.71. The lowest BCUT2D eigenvalue weighted by Crippen LogP contribution is -2.50. The first-order valence-electron chi connectivity index (χ1n) is 9.00. The molecule has 1 amide bonds. The van der Waals surface area contributed by atoms with Crippen molar-refractivity contribution in [3.8, 4) is 17.2 Å². The number of amides is 1. The van der Waals surface area contributed by atoms with E-state index in [2.05, 4.69) is 5.32 Å². The van der Waals surface area contributed by atoms with Crippen LogP contribution in [0.4, 0.5) is 5.69 Å². The molecule has 1 N–H and O–H groups in total. The number of benzene rings is 2. The van der Waals surface area contributed by atoms with Gasteiger partial charge in [-0.25, -0.2) is 8.42 Å². The Morgan fingerprint density at radius 2 is 1.86 bits per heavy atom. The highest BCUT2D eigenvalue weighted by atomic mass is 32.2. The maximum Gasteiger partial charge on any atom is 0.263 e. The van der Waals surface area contributed by atoms with Crippen molar-refractivity contribution in [2.45, 2.75) is 19.1 Å². The predicted octanol–water partition coefficient (Wildman–Crippen LogP) is 2.11. The van der Waals surface area contributed by atoms with Crippen molar-refractivity contribution in [1.82, 2.24) is 5.32 Å². The Balaban J connectivity index is 1.79. The number of hydrogen-bond donors (Lipinski definition) is 1. The van der Waals surface area contributed by atoms with Gasteiger partial charge in [-0.3, -0.25) is 9.10 Å². The summed E-state index contributed by atoms with van der Waals surface area (Å²) >= 11 is 0. The molecule has 0 unspecified atom stereocenters. The summed E-state index contributed by atoms with van der Waals surface area (Å²) in [6.07, 6.45) is 0.137. The van der Waals surface area contributed by atoms with Gasteiger partial charge in [-0.05, 0) is 36.8 Å². The zero-order valence-corrected chi connectivity index (χ0v) is 17.5. The summed E-state index contributed by atoms with van der Waals surface area (Å²) in [5.74, 6) is 1.08. The van der Waals surface area contributed by atoms with Crippen molar-refractivity contribution in [2.75, 3.05) is 31.3 Å². The van der Waals surface area contributed by atoms with Gasteiger partial charge in [0.1, 0.15) is 5.75 Å². The quantitative estimate of drug-likeness (QED) is 0.769. The van der Waals surface area contributed by atoms with Crippen LogP contribution in [0.25, 0.3) is 0 Å². The molecule has 29 heavy (non-hydrogen) atoms. The number of methoxy groups -OCH3 is 2. The van der Waals surface area contributed by atoms with Crippen LogP contribution in [-0.2, 0) is 14.8 Å². The van der Waals surface area contributed by atoms with E-state index in [1.807, 2.05) is 13.0 Å². The van der Waals surface area contributed by atoms with Gasteiger partial charge >= 0.3 is 0 Å². The predicted molar refractivity (Wildman–Crippen MR) is 109 cm³/mol. The van der Waals surface area contributed by atoms with Crippen molar-refractivity contribution >= 4 is 21.6 Å². The van der Waals surface area contributed by atoms with E-state index in [1.54, 1.807) is 43.5 Å². The number of anilines is 1. The van der Waals surface area contributed by atoms with E-state index in [0.29, 0.717) is 22.9 Å². The van der Waals surface area contributed by atoms with E-state index in [4.69, 9.17) is 14.2 Å². The van der Waals surface area contributed by atoms with Crippen LogP contribution in [0.1, 0.15) is 18.5 Å². The van der Waals surface area contributed by atoms with Gasteiger partial charge in [0.05, 0.1) is 38.7 Å². The highest BCUT2D eigenvalue weighted by Crippen LogP contribution is 2.35. The summed E-state index contributed by atoms with van der Waals surface area (Å²) in [5, 5.41) is 2.88. The van der Waals surface area contributed by atoms with Gasteiger partial charge in [0, 0.05) is 0 Å². The first-order valence-corrected chi connectivity index (χ1v) is 10.8. The molecule has 0 saturated carbocycles. The molecule has 1 heterocycles. The average molecular weight is 420 g/mol. The van der Waals surface area contributed by atoms with Crippen LogP contribution in [0.3, 0.4) is 0 Å². The summed E-state index contributed by atoms with van der Waals surface area (Å²) in [4.78, 5) is 12.8. The Morgan fingerprint density at radius 3 is 2.52 bits per heavy atom. The Labute approximate surface area is 170 Å². The van der Waals surface area contributed by atoms with E-state index < -0.39 is 22.0 Å². The SMILES string of the molecule is COc1ccc([C@@H](C)NC(=O)[C@H]2CN(S(C)(=O)=O)c3ccccc3O2)cc1OC. The number of ether oxygens (including phenoxy) is 3. The number of nitrogens with one attached hydrogen (secondary N) is 1. The highest BCUT2D eigenvalue weighted by molar-refractivity contribution is 7.92. The van der Waals surface area contributed by atoms with E-state index in [9.17, 15) is 13.2 Å². The average Bonchev–Trinajstić information content (AvgIpc) is 2.71. The van der Waals surface area contributed by atoms with Gasteiger partial charge in [0.25, 0.3) is 5.91 Å². The molecule has 2 atom stereocenters. The minimum Gasteiger partial charge on any atom is -0.493 e. The number of rotatable bonds is 6. The molecule has 0 saturated heterocycles. The zero-order valence-electron chi connectivity index (χ0n) is 16.7. The fourth-order valence-electron chi connectivity index (χ4n) is 3.16. The summed E-state index contributed by atoms with van der Waals surface area (Å²) in [5.41, 5.74) is 1.24. The van der Waals surface area contributed by atoms with Gasteiger partial charge in [-0.15, -0.1) is 0 Å². The van der Waals surface area contributed by atoms with E-state index in [0.717, 1.165) is 11.8 Å². The molecule has 156 valence electrons. The third kappa shape index (κ3) is 4.40. The largest absolute Gasteiger partial charge is 0.493 e. The second-order valence-corrected chi connectivity index (χ2v) is 8.62. The third-order valence-corrected chi connectivity index (χ3v) is 5.84. The molecule has 2 aromatic rings. The maximum atomic E-state index is 12.8. The summed E-state index contributed by atoms with van der Waals surface area (Å²) in [7, 11) is -0.470. The van der Waals surface area contributed by atoms with Gasteiger partial charge in [-0.1, -0.05) is 18.2 Å². The van der Waals surface area contributed by atoms with Crippen LogP contribution in [-0.4, -0.2) is 47.4 Å². The molecule has 1 aliphatic rings. The first kappa shape index (κ1) is 20.8. The number of hydrogen-bond acceptors (Lipinski definition) is 6. The zero-order chi connectivity index (χ0) is 21.2. The van der Waals surface area contributed by atoms with Crippen LogP contribution in [0, 0.1) is 0 Å². The molecular formula is C20H24N2O6S. The Kier molecular flexibility index (Phi) is 5.88. The van der Waals surface area contributed by atoms with Crippen LogP contribution < -0.4 is 23.8 Å². The number of carbonyl (C=O) groups is 1. The fraction of sp³-hybridized carbons (Fsp3) is 0.350. The molecule has 0 fully saturated rings. The molecule has 2 aromatic carbocycles. The number of fused-ring (bicyclic) bond motifs is 1. The molecule has 0 radical (unpaired) electrons. The van der Waals surface area contributed by atoms with Crippen molar-refractivity contribution in [1.29, 1.82) is 0 Å².